The van der Waals surface area contributed by atoms with E-state index in [1.54, 1.807) is 12.1 Å². The fraction of sp³-hybridized carbons (Fsp3) is 0.235. The van der Waals surface area contributed by atoms with Crippen molar-refractivity contribution in [3.8, 4) is 5.75 Å². The first-order chi connectivity index (χ1) is 10.2. The average Bonchev–Trinajstić information content (AvgIpc) is 2.50. The Kier molecular flexibility index (Phi) is 5.58. The minimum Gasteiger partial charge on any atom is -0.506 e. The molecule has 4 heteroatoms. The molecule has 110 valence electrons. The summed E-state index contributed by atoms with van der Waals surface area (Å²) in [6, 6.07) is 17.1. The zero-order valence-corrected chi connectivity index (χ0v) is 12.8. The molecule has 0 fully saturated rings. The van der Waals surface area contributed by atoms with Gasteiger partial charge in [0.15, 0.2) is 5.05 Å². The van der Waals surface area contributed by atoms with Gasteiger partial charge in [-0.2, -0.15) is 0 Å². The lowest BCUT2D eigenvalue weighted by molar-refractivity contribution is 0.325. The molecule has 3 nitrogen and oxygen atoms in total. The molecule has 0 saturated carbocycles. The number of phenols is 1. The van der Waals surface area contributed by atoms with Crippen LogP contribution in [0.1, 0.15) is 24.9 Å². The molecule has 0 heterocycles. The van der Waals surface area contributed by atoms with Crippen molar-refractivity contribution in [2.45, 2.75) is 19.4 Å². The number of anilines is 1. The first-order valence-corrected chi connectivity index (χ1v) is 7.36. The number of hydrogen-bond donors (Lipinski definition) is 2. The Morgan fingerprint density at radius 3 is 2.48 bits per heavy atom. The van der Waals surface area contributed by atoms with E-state index in [-0.39, 0.29) is 11.8 Å². The third-order valence-electron chi connectivity index (χ3n) is 3.11. The van der Waals surface area contributed by atoms with E-state index in [1.165, 1.54) is 0 Å². The van der Waals surface area contributed by atoms with Gasteiger partial charge in [-0.05, 0) is 36.8 Å². The molecular weight excluding hydrogens is 282 g/mol. The molecule has 1 atom stereocenters. The molecule has 0 spiro atoms. The van der Waals surface area contributed by atoms with Crippen LogP contribution in [0.3, 0.4) is 0 Å². The van der Waals surface area contributed by atoms with Crippen LogP contribution in [0.5, 0.6) is 5.75 Å². The average molecular weight is 301 g/mol. The zero-order chi connectivity index (χ0) is 15.1. The maximum Gasteiger partial charge on any atom is 0.162 e. The van der Waals surface area contributed by atoms with Crippen LogP contribution in [0.15, 0.2) is 54.6 Å². The van der Waals surface area contributed by atoms with Crippen LogP contribution in [-0.2, 0) is 4.74 Å². The summed E-state index contributed by atoms with van der Waals surface area (Å²) < 4.78 is 5.39. The second kappa shape index (κ2) is 7.64. The van der Waals surface area contributed by atoms with Crippen LogP contribution in [-0.4, -0.2) is 16.8 Å². The zero-order valence-electron chi connectivity index (χ0n) is 12.0. The van der Waals surface area contributed by atoms with Crippen LogP contribution in [0.4, 0.5) is 5.69 Å². The second-order valence-corrected chi connectivity index (χ2v) is 5.09. The van der Waals surface area contributed by atoms with E-state index in [4.69, 9.17) is 17.0 Å². The predicted molar refractivity (Wildman–Crippen MR) is 89.8 cm³/mol. The van der Waals surface area contributed by atoms with E-state index in [9.17, 15) is 5.11 Å². The number of hydrogen-bond acceptors (Lipinski definition) is 4. The van der Waals surface area contributed by atoms with Gasteiger partial charge >= 0.3 is 0 Å². The van der Waals surface area contributed by atoms with E-state index in [2.05, 4.69) is 5.32 Å². The summed E-state index contributed by atoms with van der Waals surface area (Å²) in [5.41, 5.74) is 1.79. The van der Waals surface area contributed by atoms with Crippen molar-refractivity contribution in [1.29, 1.82) is 0 Å². The Hall–Kier alpha value is -2.07. The van der Waals surface area contributed by atoms with Crippen LogP contribution in [0.25, 0.3) is 0 Å². The number of para-hydroxylation sites is 2. The van der Waals surface area contributed by atoms with Gasteiger partial charge in [0.05, 0.1) is 18.3 Å². The number of ether oxygens (including phenoxy) is 1. The van der Waals surface area contributed by atoms with Gasteiger partial charge in [-0.3, -0.25) is 0 Å². The van der Waals surface area contributed by atoms with Crippen molar-refractivity contribution in [3.63, 3.8) is 0 Å². The van der Waals surface area contributed by atoms with E-state index < -0.39 is 0 Å². The SMILES string of the molecule is CCOC(=S)C[C@@H](Nc1ccccc1O)c1ccccc1. The van der Waals surface area contributed by atoms with Gasteiger partial charge in [-0.1, -0.05) is 42.5 Å². The normalized spacial score (nSPS) is 11.7. The lowest BCUT2D eigenvalue weighted by atomic mass is 10.0. The third-order valence-corrected chi connectivity index (χ3v) is 3.40. The molecule has 0 bridgehead atoms. The molecule has 21 heavy (non-hydrogen) atoms. The number of rotatable bonds is 6. The minimum atomic E-state index is -0.0430. The highest BCUT2D eigenvalue weighted by atomic mass is 32.1. The largest absolute Gasteiger partial charge is 0.506 e. The maximum atomic E-state index is 9.92. The van der Waals surface area contributed by atoms with Crippen molar-refractivity contribution in [2.75, 3.05) is 11.9 Å². The summed E-state index contributed by atoms with van der Waals surface area (Å²) in [5, 5.41) is 13.8. The van der Waals surface area contributed by atoms with Crippen molar-refractivity contribution in [2.24, 2.45) is 0 Å². The highest BCUT2D eigenvalue weighted by molar-refractivity contribution is 7.80. The smallest absolute Gasteiger partial charge is 0.162 e. The monoisotopic (exact) mass is 301 g/mol. The standard InChI is InChI=1S/C17H19NO2S/c1-2-20-17(21)12-15(13-8-4-3-5-9-13)18-14-10-6-7-11-16(14)19/h3-11,15,18-19H,2,12H2,1H3/t15-/m1/s1. The van der Waals surface area contributed by atoms with E-state index in [0.717, 1.165) is 5.56 Å². The first kappa shape index (κ1) is 15.3. The lowest BCUT2D eigenvalue weighted by Crippen LogP contribution is -2.16. The molecule has 0 amide bonds. The van der Waals surface area contributed by atoms with Crippen molar-refractivity contribution >= 4 is 23.0 Å². The second-order valence-electron chi connectivity index (χ2n) is 4.63. The molecule has 0 aliphatic heterocycles. The van der Waals surface area contributed by atoms with E-state index >= 15 is 0 Å². The van der Waals surface area contributed by atoms with Gasteiger partial charge < -0.3 is 15.2 Å². The van der Waals surface area contributed by atoms with Crippen LogP contribution >= 0.6 is 12.2 Å². The molecule has 0 saturated heterocycles. The molecule has 2 aromatic carbocycles. The molecule has 2 rings (SSSR count). The molecule has 0 aliphatic carbocycles. The van der Waals surface area contributed by atoms with Crippen molar-refractivity contribution in [3.05, 3.63) is 60.2 Å². The van der Waals surface area contributed by atoms with Crippen molar-refractivity contribution < 1.29 is 9.84 Å². The number of thiocarbonyl (C=S) groups is 1. The van der Waals surface area contributed by atoms with Gasteiger partial charge in [0, 0.05) is 6.42 Å². The number of nitrogens with one attached hydrogen (secondary N) is 1. The first-order valence-electron chi connectivity index (χ1n) is 6.95. The minimum absolute atomic E-state index is 0.0430. The molecule has 0 aliphatic rings. The summed E-state index contributed by atoms with van der Waals surface area (Å²) >= 11 is 5.25. The van der Waals surface area contributed by atoms with Gasteiger partial charge in [0.1, 0.15) is 5.75 Å². The predicted octanol–water partition coefficient (Wildman–Crippen LogP) is 4.30. The summed E-state index contributed by atoms with van der Waals surface area (Å²) in [5.74, 6) is 0.223. The van der Waals surface area contributed by atoms with Crippen molar-refractivity contribution in [1.82, 2.24) is 0 Å². The van der Waals surface area contributed by atoms with E-state index in [1.807, 2.05) is 49.4 Å². The van der Waals surface area contributed by atoms with Gasteiger partial charge in [0.2, 0.25) is 0 Å². The fourth-order valence-corrected chi connectivity index (χ4v) is 2.39. The molecule has 0 radical (unpaired) electrons. The number of benzene rings is 2. The van der Waals surface area contributed by atoms with Crippen LogP contribution < -0.4 is 5.32 Å². The molecule has 0 unspecified atom stereocenters. The quantitative estimate of drug-likeness (QED) is 0.616. The topological polar surface area (TPSA) is 41.5 Å². The fourth-order valence-electron chi connectivity index (χ4n) is 2.11. The lowest BCUT2D eigenvalue weighted by Gasteiger charge is -2.21. The molecule has 0 aromatic heterocycles. The summed E-state index contributed by atoms with van der Waals surface area (Å²) in [6.07, 6.45) is 0.571. The van der Waals surface area contributed by atoms with Gasteiger partial charge in [-0.15, -0.1) is 0 Å². The maximum absolute atomic E-state index is 9.92. The van der Waals surface area contributed by atoms with E-state index in [0.29, 0.717) is 23.8 Å². The molecular formula is C17H19NO2S. The molecule has 2 N–H and O–H groups in total. The Balaban J connectivity index is 2.20. The summed E-state index contributed by atoms with van der Waals surface area (Å²) in [4.78, 5) is 0. The Morgan fingerprint density at radius 2 is 1.81 bits per heavy atom. The highest BCUT2D eigenvalue weighted by Gasteiger charge is 2.15. The molecule has 2 aromatic rings. The van der Waals surface area contributed by atoms with Gasteiger partial charge in [-0.25, -0.2) is 0 Å². The Bertz CT molecular complexity index is 586. The Morgan fingerprint density at radius 1 is 1.14 bits per heavy atom. The van der Waals surface area contributed by atoms with Crippen LogP contribution in [0, 0.1) is 0 Å². The summed E-state index contributed by atoms with van der Waals surface area (Å²) in [6.45, 7) is 2.48. The number of aromatic hydroxyl groups is 1. The Labute approximate surface area is 130 Å². The van der Waals surface area contributed by atoms with Gasteiger partial charge in [0.25, 0.3) is 0 Å². The third kappa shape index (κ3) is 4.46. The summed E-state index contributed by atoms with van der Waals surface area (Å²) in [7, 11) is 0. The number of phenolic OH excluding ortho intramolecular Hbond substituents is 1. The van der Waals surface area contributed by atoms with Crippen LogP contribution in [0.2, 0.25) is 0 Å². The highest BCUT2D eigenvalue weighted by Crippen LogP contribution is 2.29.